The van der Waals surface area contributed by atoms with Crippen LogP contribution in [0.5, 0.6) is 11.5 Å². The minimum Gasteiger partial charge on any atom is -0.497 e. The molecule has 0 heterocycles. The van der Waals surface area contributed by atoms with Crippen molar-refractivity contribution in [2.75, 3.05) is 33.4 Å². The van der Waals surface area contributed by atoms with E-state index >= 15 is 0 Å². The maximum absolute atomic E-state index is 5.89. The van der Waals surface area contributed by atoms with Gasteiger partial charge in [0, 0.05) is 6.54 Å². The van der Waals surface area contributed by atoms with E-state index in [4.69, 9.17) is 9.47 Å². The Labute approximate surface area is 171 Å². The maximum atomic E-state index is 5.89. The Morgan fingerprint density at radius 3 is 1.63 bits per heavy atom. The highest BCUT2D eigenvalue weighted by Crippen LogP contribution is 2.33. The molecule has 2 rings (SSSR count). The summed E-state index contributed by atoms with van der Waals surface area (Å²) in [5.41, 5.74) is 2.67. The van der Waals surface area contributed by atoms with Crippen LogP contribution in [0.4, 0.5) is 0 Å². The third kappa shape index (κ3) is 6.75. The number of ether oxygens (including phenoxy) is 2. The smallest absolute Gasteiger partial charge is 0.119 e. The van der Waals surface area contributed by atoms with Gasteiger partial charge < -0.3 is 14.4 Å². The van der Waals surface area contributed by atoms with Crippen molar-refractivity contribution in [2.45, 2.75) is 39.5 Å². The van der Waals surface area contributed by atoms with Crippen LogP contribution in [-0.4, -0.2) is 38.3 Å². The first-order chi connectivity index (χ1) is 12.6. The molecule has 2 atom stereocenters. The topological polar surface area (TPSA) is 21.7 Å². The zero-order valence-corrected chi connectivity index (χ0v) is 18.1. The molecule has 0 bridgehead atoms. The molecule has 2 aromatic carbocycles. The summed E-state index contributed by atoms with van der Waals surface area (Å²) in [7, 11) is 1.70. The van der Waals surface area contributed by atoms with Gasteiger partial charge in [-0.25, -0.2) is 0 Å². The molecule has 0 N–H and O–H groups in total. The van der Waals surface area contributed by atoms with Gasteiger partial charge in [0.15, 0.2) is 0 Å². The lowest BCUT2D eigenvalue weighted by molar-refractivity contribution is 0.223. The molecule has 2 unspecified atom stereocenters. The lowest BCUT2D eigenvalue weighted by Crippen LogP contribution is -2.27. The molecule has 0 fully saturated rings. The molecule has 0 saturated heterocycles. The summed E-state index contributed by atoms with van der Waals surface area (Å²) < 4.78 is 11.1. The fraction of sp³-hybridized carbons (Fsp3) is 0.478. The molecule has 27 heavy (non-hydrogen) atoms. The number of hydrogen-bond acceptors (Lipinski definition) is 3. The SMILES string of the molecule is CCN(CC)CCOc1ccc(C(C)C(C)c2ccc(OC)cc2)cc1.Cl. The summed E-state index contributed by atoms with van der Waals surface area (Å²) in [6.07, 6.45) is 0. The van der Waals surface area contributed by atoms with Gasteiger partial charge in [-0.15, -0.1) is 12.4 Å². The third-order valence-electron chi connectivity index (χ3n) is 5.37. The van der Waals surface area contributed by atoms with Gasteiger partial charge in [-0.3, -0.25) is 0 Å². The second-order valence-electron chi connectivity index (χ2n) is 6.79. The predicted molar refractivity (Wildman–Crippen MR) is 117 cm³/mol. The molecule has 0 spiro atoms. The molecule has 4 heteroatoms. The third-order valence-corrected chi connectivity index (χ3v) is 5.37. The number of rotatable bonds is 10. The normalized spacial score (nSPS) is 13.0. The Hall–Kier alpha value is -1.71. The molecule has 0 radical (unpaired) electrons. The Kier molecular flexibility index (Phi) is 10.3. The van der Waals surface area contributed by atoms with Gasteiger partial charge in [0.2, 0.25) is 0 Å². The molecule has 3 nitrogen and oxygen atoms in total. The summed E-state index contributed by atoms with van der Waals surface area (Å²) in [6, 6.07) is 16.9. The van der Waals surface area contributed by atoms with Crippen molar-refractivity contribution < 1.29 is 9.47 Å². The molecule has 0 amide bonds. The van der Waals surface area contributed by atoms with Gasteiger partial charge in [-0.05, 0) is 60.3 Å². The van der Waals surface area contributed by atoms with E-state index in [0.29, 0.717) is 11.8 Å². The van der Waals surface area contributed by atoms with Crippen molar-refractivity contribution in [3.05, 3.63) is 59.7 Å². The van der Waals surface area contributed by atoms with Crippen LogP contribution >= 0.6 is 12.4 Å². The lowest BCUT2D eigenvalue weighted by Gasteiger charge is -2.22. The molecular formula is C23H34ClNO2. The van der Waals surface area contributed by atoms with Crippen LogP contribution in [0.3, 0.4) is 0 Å². The summed E-state index contributed by atoms with van der Waals surface area (Å²) in [5.74, 6) is 2.73. The molecule has 0 aliphatic rings. The van der Waals surface area contributed by atoms with Crippen molar-refractivity contribution in [3.8, 4) is 11.5 Å². The average molecular weight is 392 g/mol. The Morgan fingerprint density at radius 2 is 1.22 bits per heavy atom. The van der Waals surface area contributed by atoms with Crippen LogP contribution in [0.25, 0.3) is 0 Å². The second kappa shape index (κ2) is 11.9. The van der Waals surface area contributed by atoms with E-state index in [2.05, 4.69) is 69.0 Å². The molecule has 150 valence electrons. The zero-order chi connectivity index (χ0) is 18.9. The highest BCUT2D eigenvalue weighted by atomic mass is 35.5. The number of halogens is 1. The molecule has 2 aromatic rings. The van der Waals surface area contributed by atoms with Crippen molar-refractivity contribution in [1.82, 2.24) is 4.90 Å². The predicted octanol–water partition coefficient (Wildman–Crippen LogP) is 5.74. The van der Waals surface area contributed by atoms with E-state index < -0.39 is 0 Å². The van der Waals surface area contributed by atoms with Gasteiger partial charge in [0.05, 0.1) is 7.11 Å². The first kappa shape index (κ1) is 23.3. The summed E-state index contributed by atoms with van der Waals surface area (Å²) in [5, 5.41) is 0. The minimum absolute atomic E-state index is 0. The van der Waals surface area contributed by atoms with Gasteiger partial charge in [0.1, 0.15) is 18.1 Å². The number of nitrogens with zero attached hydrogens (tertiary/aromatic N) is 1. The number of likely N-dealkylation sites (N-methyl/N-ethyl adjacent to an activating group) is 1. The van der Waals surface area contributed by atoms with Crippen LogP contribution in [0.15, 0.2) is 48.5 Å². The van der Waals surface area contributed by atoms with Gasteiger partial charge >= 0.3 is 0 Å². The summed E-state index contributed by atoms with van der Waals surface area (Å²) >= 11 is 0. The van der Waals surface area contributed by atoms with Crippen LogP contribution in [0, 0.1) is 0 Å². The first-order valence-electron chi connectivity index (χ1n) is 9.68. The van der Waals surface area contributed by atoms with Crippen LogP contribution in [-0.2, 0) is 0 Å². The van der Waals surface area contributed by atoms with Gasteiger partial charge in [-0.1, -0.05) is 52.0 Å². The molecule has 0 aromatic heterocycles. The summed E-state index contributed by atoms with van der Waals surface area (Å²) in [6.45, 7) is 12.8. The highest BCUT2D eigenvalue weighted by molar-refractivity contribution is 5.85. The Bertz CT molecular complexity index is 638. The fourth-order valence-electron chi connectivity index (χ4n) is 3.18. The quantitative estimate of drug-likeness (QED) is 0.515. The fourth-order valence-corrected chi connectivity index (χ4v) is 3.18. The van der Waals surface area contributed by atoms with Crippen molar-refractivity contribution >= 4 is 12.4 Å². The van der Waals surface area contributed by atoms with E-state index in [-0.39, 0.29) is 12.4 Å². The highest BCUT2D eigenvalue weighted by Gasteiger charge is 2.16. The van der Waals surface area contributed by atoms with Gasteiger partial charge in [-0.2, -0.15) is 0 Å². The van der Waals surface area contributed by atoms with E-state index in [1.165, 1.54) is 11.1 Å². The van der Waals surface area contributed by atoms with E-state index in [1.54, 1.807) is 7.11 Å². The largest absolute Gasteiger partial charge is 0.497 e. The van der Waals surface area contributed by atoms with Crippen molar-refractivity contribution in [1.29, 1.82) is 0 Å². The monoisotopic (exact) mass is 391 g/mol. The standard InChI is InChI=1S/C23H33NO2.ClH/c1-6-24(7-2)16-17-26-23-14-10-21(11-15-23)19(4)18(3)20-8-12-22(25-5)13-9-20;/h8-15,18-19H,6-7,16-17H2,1-5H3;1H. The number of hydrogen-bond donors (Lipinski definition) is 0. The molecular weight excluding hydrogens is 358 g/mol. The van der Waals surface area contributed by atoms with Gasteiger partial charge in [0.25, 0.3) is 0 Å². The van der Waals surface area contributed by atoms with E-state index in [0.717, 1.165) is 37.7 Å². The minimum atomic E-state index is 0. The maximum Gasteiger partial charge on any atom is 0.119 e. The first-order valence-corrected chi connectivity index (χ1v) is 9.68. The summed E-state index contributed by atoms with van der Waals surface area (Å²) in [4.78, 5) is 2.37. The van der Waals surface area contributed by atoms with E-state index in [1.807, 2.05) is 12.1 Å². The Balaban J connectivity index is 0.00000364. The molecule has 0 saturated carbocycles. The lowest BCUT2D eigenvalue weighted by atomic mass is 9.84. The molecule has 0 aliphatic carbocycles. The average Bonchev–Trinajstić information content (AvgIpc) is 2.70. The van der Waals surface area contributed by atoms with E-state index in [9.17, 15) is 0 Å². The molecule has 0 aliphatic heterocycles. The van der Waals surface area contributed by atoms with Crippen LogP contribution in [0.1, 0.15) is 50.7 Å². The Morgan fingerprint density at radius 1 is 0.778 bits per heavy atom. The van der Waals surface area contributed by atoms with Crippen molar-refractivity contribution in [3.63, 3.8) is 0 Å². The number of methoxy groups -OCH3 is 1. The van der Waals surface area contributed by atoms with Crippen LogP contribution in [0.2, 0.25) is 0 Å². The van der Waals surface area contributed by atoms with Crippen molar-refractivity contribution in [2.24, 2.45) is 0 Å². The zero-order valence-electron chi connectivity index (χ0n) is 17.3. The van der Waals surface area contributed by atoms with Crippen LogP contribution < -0.4 is 9.47 Å². The number of benzene rings is 2. The second-order valence-corrected chi connectivity index (χ2v) is 6.79.